The van der Waals surface area contributed by atoms with Crippen LogP contribution < -0.4 is 11.5 Å². The summed E-state index contributed by atoms with van der Waals surface area (Å²) in [4.78, 5) is 26.2. The molecule has 0 bridgehead atoms. The first-order chi connectivity index (χ1) is 13.1. The van der Waals surface area contributed by atoms with Crippen LogP contribution in [0.25, 0.3) is 21.9 Å². The van der Waals surface area contributed by atoms with Gasteiger partial charge in [0.05, 0.1) is 29.2 Å². The van der Waals surface area contributed by atoms with Crippen molar-refractivity contribution >= 4 is 33.8 Å². The van der Waals surface area contributed by atoms with Gasteiger partial charge in [0, 0.05) is 5.39 Å². The zero-order valence-corrected chi connectivity index (χ0v) is 16.5. The fourth-order valence-corrected chi connectivity index (χ4v) is 3.17. The van der Waals surface area contributed by atoms with Crippen molar-refractivity contribution in [2.75, 3.05) is 5.73 Å². The van der Waals surface area contributed by atoms with E-state index in [9.17, 15) is 9.90 Å². The lowest BCUT2D eigenvalue weighted by molar-refractivity contribution is -0.147. The van der Waals surface area contributed by atoms with Crippen molar-refractivity contribution in [3.63, 3.8) is 0 Å². The van der Waals surface area contributed by atoms with Gasteiger partial charge in [-0.3, -0.25) is 4.84 Å². The number of nitrogen functional groups attached to an aromatic ring is 1. The van der Waals surface area contributed by atoms with Crippen LogP contribution in [0.3, 0.4) is 0 Å². The Labute approximate surface area is 162 Å². The third-order valence-electron chi connectivity index (χ3n) is 4.25. The molecule has 0 aliphatic rings. The van der Waals surface area contributed by atoms with Crippen LogP contribution in [-0.2, 0) is 18.0 Å². The van der Waals surface area contributed by atoms with Crippen LogP contribution >= 0.6 is 0 Å². The molecule has 150 valence electrons. The molecule has 3 rings (SSSR count). The number of hydrogen-bond donors (Lipinski definition) is 3. The molecule has 0 atom stereocenters. The predicted octanol–water partition coefficient (Wildman–Crippen LogP) is 2.16. The average Bonchev–Trinajstić information content (AvgIpc) is 2.92. The summed E-state index contributed by atoms with van der Waals surface area (Å²) in [5, 5.41) is 12.4. The van der Waals surface area contributed by atoms with Crippen LogP contribution in [0.15, 0.2) is 24.3 Å². The molecule has 0 unspecified atom stereocenters. The number of amides is 2. The Morgan fingerprint density at radius 1 is 1.32 bits per heavy atom. The highest BCUT2D eigenvalue weighted by atomic mass is 16.7. The number of nitrogens with two attached hydrogens (primary N) is 2. The molecule has 0 spiro atoms. The van der Waals surface area contributed by atoms with E-state index in [2.05, 4.69) is 9.97 Å². The van der Waals surface area contributed by atoms with Gasteiger partial charge >= 0.3 is 6.03 Å². The zero-order valence-electron chi connectivity index (χ0n) is 16.5. The Balaban J connectivity index is 2.16. The fraction of sp³-hybridized carbons (Fsp3) is 0.421. The molecule has 9 nitrogen and oxygen atoms in total. The van der Waals surface area contributed by atoms with Gasteiger partial charge in [0.2, 0.25) is 0 Å². The molecule has 0 saturated carbocycles. The van der Waals surface area contributed by atoms with Gasteiger partial charge in [0.15, 0.2) is 5.82 Å². The third-order valence-corrected chi connectivity index (χ3v) is 4.25. The van der Waals surface area contributed by atoms with Crippen molar-refractivity contribution in [3.8, 4) is 0 Å². The summed E-state index contributed by atoms with van der Waals surface area (Å²) in [5.41, 5.74) is 12.5. The maximum absolute atomic E-state index is 11.6. The second-order valence-electron chi connectivity index (χ2n) is 7.67. The summed E-state index contributed by atoms with van der Waals surface area (Å²) in [6.07, 6.45) is 0. The largest absolute Gasteiger partial charge is 0.389 e. The standard InChI is InChI=1S/C19H26N6O3/c1-11(2)25(18(21)26)28-9-14-23-15-16(24(14)10-19(3,4)27)12-7-5-6-8-13(12)22-17(15)20/h5-8,11,27H,9-10H2,1-4H3,(H2,20,22)(H2,21,26). The maximum atomic E-state index is 11.6. The molecule has 0 saturated heterocycles. The number of primary amides is 1. The smallest absolute Gasteiger partial charge is 0.338 e. The van der Waals surface area contributed by atoms with Crippen LogP contribution in [0.5, 0.6) is 0 Å². The molecule has 2 aromatic heterocycles. The number of pyridine rings is 1. The number of carbonyl (C=O) groups excluding carboxylic acids is 1. The fourth-order valence-electron chi connectivity index (χ4n) is 3.17. The number of hydroxylamine groups is 2. The predicted molar refractivity (Wildman–Crippen MR) is 107 cm³/mol. The summed E-state index contributed by atoms with van der Waals surface area (Å²) >= 11 is 0. The number of hydrogen-bond acceptors (Lipinski definition) is 6. The number of para-hydroxylation sites is 1. The number of aliphatic hydroxyl groups is 1. The molecular formula is C19H26N6O3. The van der Waals surface area contributed by atoms with Crippen LogP contribution in [-0.4, -0.2) is 42.4 Å². The van der Waals surface area contributed by atoms with Crippen LogP contribution in [0.4, 0.5) is 10.6 Å². The van der Waals surface area contributed by atoms with Gasteiger partial charge in [-0.25, -0.2) is 19.8 Å². The number of nitrogens with zero attached hydrogens (tertiary/aromatic N) is 4. The number of urea groups is 1. The lowest BCUT2D eigenvalue weighted by Crippen LogP contribution is -2.40. The van der Waals surface area contributed by atoms with E-state index in [-0.39, 0.29) is 19.2 Å². The molecule has 1 aromatic carbocycles. The van der Waals surface area contributed by atoms with Gasteiger partial charge in [0.25, 0.3) is 0 Å². The number of imidazole rings is 1. The van der Waals surface area contributed by atoms with Gasteiger partial charge in [-0.2, -0.15) is 0 Å². The number of carbonyl (C=O) groups is 1. The van der Waals surface area contributed by atoms with Crippen molar-refractivity contribution < 1.29 is 14.7 Å². The molecule has 9 heteroatoms. The van der Waals surface area contributed by atoms with E-state index in [1.165, 1.54) is 0 Å². The first-order valence-corrected chi connectivity index (χ1v) is 9.06. The first-order valence-electron chi connectivity index (χ1n) is 9.06. The average molecular weight is 386 g/mol. The second kappa shape index (κ2) is 7.25. The summed E-state index contributed by atoms with van der Waals surface area (Å²) < 4.78 is 1.86. The number of fused-ring (bicyclic) bond motifs is 3. The Morgan fingerprint density at radius 3 is 2.61 bits per heavy atom. The molecule has 0 aliphatic carbocycles. The number of anilines is 1. The highest BCUT2D eigenvalue weighted by Crippen LogP contribution is 2.30. The minimum absolute atomic E-state index is 0.0142. The molecule has 2 heterocycles. The number of rotatable bonds is 6. The van der Waals surface area contributed by atoms with Crippen LogP contribution in [0.1, 0.15) is 33.5 Å². The molecule has 0 radical (unpaired) electrons. The Hall–Kier alpha value is -2.91. The minimum Gasteiger partial charge on any atom is -0.389 e. The number of aromatic nitrogens is 3. The molecular weight excluding hydrogens is 360 g/mol. The van der Waals surface area contributed by atoms with Gasteiger partial charge in [-0.1, -0.05) is 18.2 Å². The SMILES string of the molecule is CC(C)N(OCc1nc2c(N)nc3ccccc3c2n1CC(C)(C)O)C(N)=O. The van der Waals surface area contributed by atoms with E-state index in [0.717, 1.165) is 21.5 Å². The minimum atomic E-state index is -1.01. The van der Waals surface area contributed by atoms with Gasteiger partial charge in [-0.15, -0.1) is 0 Å². The number of benzene rings is 1. The van der Waals surface area contributed by atoms with Crippen molar-refractivity contribution in [1.82, 2.24) is 19.6 Å². The summed E-state index contributed by atoms with van der Waals surface area (Å²) in [6, 6.07) is 6.67. The lowest BCUT2D eigenvalue weighted by atomic mass is 10.1. The molecule has 0 aliphatic heterocycles. The molecule has 0 fully saturated rings. The van der Waals surface area contributed by atoms with Crippen molar-refractivity contribution in [2.45, 2.75) is 52.5 Å². The van der Waals surface area contributed by atoms with Gasteiger partial charge < -0.3 is 21.1 Å². The van der Waals surface area contributed by atoms with E-state index in [0.29, 0.717) is 17.2 Å². The monoisotopic (exact) mass is 386 g/mol. The van der Waals surface area contributed by atoms with Gasteiger partial charge in [0.1, 0.15) is 17.9 Å². The maximum Gasteiger partial charge on any atom is 0.338 e. The first kappa shape index (κ1) is 19.8. The molecule has 28 heavy (non-hydrogen) atoms. The molecule has 5 N–H and O–H groups in total. The van der Waals surface area contributed by atoms with Crippen molar-refractivity contribution in [1.29, 1.82) is 0 Å². The lowest BCUT2D eigenvalue weighted by Gasteiger charge is -2.24. The highest BCUT2D eigenvalue weighted by Gasteiger charge is 2.24. The van der Waals surface area contributed by atoms with E-state index in [4.69, 9.17) is 16.3 Å². The Bertz CT molecular complexity index is 1020. The summed E-state index contributed by atoms with van der Waals surface area (Å²) in [5.74, 6) is 0.800. The van der Waals surface area contributed by atoms with Crippen molar-refractivity contribution in [3.05, 3.63) is 30.1 Å². The summed E-state index contributed by atoms with van der Waals surface area (Å²) in [6.45, 7) is 7.24. The second-order valence-corrected chi connectivity index (χ2v) is 7.67. The van der Waals surface area contributed by atoms with Crippen LogP contribution in [0.2, 0.25) is 0 Å². The quantitative estimate of drug-likeness (QED) is 0.556. The third kappa shape index (κ3) is 3.85. The molecule has 2 amide bonds. The normalized spacial score (nSPS) is 12.2. The van der Waals surface area contributed by atoms with Gasteiger partial charge in [-0.05, 0) is 33.8 Å². The highest BCUT2D eigenvalue weighted by molar-refractivity contribution is 6.06. The van der Waals surface area contributed by atoms with E-state index >= 15 is 0 Å². The Kier molecular flexibility index (Phi) is 5.14. The molecule has 3 aromatic rings. The topological polar surface area (TPSA) is 133 Å². The van der Waals surface area contributed by atoms with E-state index in [1.54, 1.807) is 27.7 Å². The van der Waals surface area contributed by atoms with E-state index < -0.39 is 11.6 Å². The Morgan fingerprint density at radius 2 is 2.00 bits per heavy atom. The summed E-state index contributed by atoms with van der Waals surface area (Å²) in [7, 11) is 0. The van der Waals surface area contributed by atoms with E-state index in [1.807, 2.05) is 28.8 Å². The zero-order chi connectivity index (χ0) is 20.6. The van der Waals surface area contributed by atoms with Crippen LogP contribution in [0, 0.1) is 0 Å². The van der Waals surface area contributed by atoms with Crippen molar-refractivity contribution in [2.24, 2.45) is 5.73 Å².